The number of fused-ring (bicyclic) bond motifs is 1. The molecule has 0 aromatic carbocycles. The van der Waals surface area contributed by atoms with E-state index in [0.29, 0.717) is 6.04 Å². The maximum absolute atomic E-state index is 9.48. The summed E-state index contributed by atoms with van der Waals surface area (Å²) < 4.78 is 2.05. The minimum Gasteiger partial charge on any atom is -0.322 e. The normalized spacial score (nSPS) is 19.6. The Morgan fingerprint density at radius 2 is 2.29 bits per heavy atom. The van der Waals surface area contributed by atoms with Crippen molar-refractivity contribution in [3.8, 4) is 6.07 Å². The lowest BCUT2D eigenvalue weighted by Crippen LogP contribution is -2.32. The number of pyridine rings is 1. The predicted molar refractivity (Wildman–Crippen MR) is 84.1 cm³/mol. The third kappa shape index (κ3) is 2.94. The van der Waals surface area contributed by atoms with Crippen LogP contribution in [0.25, 0.3) is 5.52 Å². The summed E-state index contributed by atoms with van der Waals surface area (Å²) in [5.74, 6) is 0. The van der Waals surface area contributed by atoms with E-state index in [9.17, 15) is 5.26 Å². The minimum absolute atomic E-state index is 0.606. The van der Waals surface area contributed by atoms with E-state index in [2.05, 4.69) is 33.9 Å². The molecule has 2 aromatic rings. The quantitative estimate of drug-likeness (QED) is 0.940. The van der Waals surface area contributed by atoms with Crippen LogP contribution < -0.4 is 5.32 Å². The molecule has 1 saturated heterocycles. The molecule has 1 aliphatic heterocycles. The summed E-state index contributed by atoms with van der Waals surface area (Å²) >= 11 is 0. The van der Waals surface area contributed by atoms with Crippen molar-refractivity contribution in [1.29, 1.82) is 5.26 Å². The fourth-order valence-corrected chi connectivity index (χ4v) is 3.27. The average Bonchev–Trinajstić information content (AvgIpc) is 2.67. The van der Waals surface area contributed by atoms with Crippen LogP contribution in [0.2, 0.25) is 0 Å². The molecule has 4 heteroatoms. The Bertz CT molecular complexity index is 644. The molecule has 1 aliphatic rings. The highest BCUT2D eigenvalue weighted by Crippen LogP contribution is 2.21. The second-order valence-electron chi connectivity index (χ2n) is 5.88. The van der Waals surface area contributed by atoms with Gasteiger partial charge in [0.25, 0.3) is 0 Å². The van der Waals surface area contributed by atoms with E-state index in [1.807, 2.05) is 24.4 Å². The molecular formula is C17H22N4. The molecule has 0 amide bonds. The summed E-state index contributed by atoms with van der Waals surface area (Å²) in [5, 5.41) is 12.9. The number of rotatable bonds is 3. The van der Waals surface area contributed by atoms with E-state index < -0.39 is 0 Å². The molecule has 1 unspecified atom stereocenters. The van der Waals surface area contributed by atoms with Crippen LogP contribution in [0.5, 0.6) is 0 Å². The number of nitrogens with one attached hydrogen (secondary N) is 1. The fourth-order valence-electron chi connectivity index (χ4n) is 3.27. The first-order chi connectivity index (χ1) is 10.3. The third-order valence-corrected chi connectivity index (χ3v) is 4.46. The summed E-state index contributed by atoms with van der Waals surface area (Å²) in [4.78, 5) is 2.41. The van der Waals surface area contributed by atoms with Crippen LogP contribution in [0.3, 0.4) is 0 Å². The SMILES string of the molecule is CN(Cc1cn2ccccc2c1C#N)C1CCCNCC1. The lowest BCUT2D eigenvalue weighted by atomic mass is 10.1. The zero-order chi connectivity index (χ0) is 14.7. The summed E-state index contributed by atoms with van der Waals surface area (Å²) in [5.41, 5.74) is 2.95. The van der Waals surface area contributed by atoms with Crippen LogP contribution in [0.1, 0.15) is 30.4 Å². The third-order valence-electron chi connectivity index (χ3n) is 4.46. The number of hydrogen-bond donors (Lipinski definition) is 1. The number of nitrogens with zero attached hydrogens (tertiary/aromatic N) is 3. The van der Waals surface area contributed by atoms with Crippen LogP contribution >= 0.6 is 0 Å². The first-order valence-electron chi connectivity index (χ1n) is 7.69. The van der Waals surface area contributed by atoms with E-state index in [4.69, 9.17) is 0 Å². The molecule has 0 aliphatic carbocycles. The molecule has 2 aromatic heterocycles. The summed E-state index contributed by atoms with van der Waals surface area (Å²) in [6.07, 6.45) is 7.76. The van der Waals surface area contributed by atoms with Gasteiger partial charge < -0.3 is 9.72 Å². The van der Waals surface area contributed by atoms with E-state index >= 15 is 0 Å². The van der Waals surface area contributed by atoms with Crippen molar-refractivity contribution in [1.82, 2.24) is 14.6 Å². The van der Waals surface area contributed by atoms with Gasteiger partial charge >= 0.3 is 0 Å². The van der Waals surface area contributed by atoms with Gasteiger partial charge in [-0.2, -0.15) is 5.26 Å². The van der Waals surface area contributed by atoms with Crippen molar-refractivity contribution in [3.63, 3.8) is 0 Å². The van der Waals surface area contributed by atoms with Crippen molar-refractivity contribution < 1.29 is 0 Å². The second-order valence-corrected chi connectivity index (χ2v) is 5.88. The zero-order valence-corrected chi connectivity index (χ0v) is 12.5. The smallest absolute Gasteiger partial charge is 0.102 e. The van der Waals surface area contributed by atoms with Crippen LogP contribution in [0, 0.1) is 11.3 Å². The summed E-state index contributed by atoms with van der Waals surface area (Å²) in [6.45, 7) is 3.07. The fraction of sp³-hybridized carbons (Fsp3) is 0.471. The van der Waals surface area contributed by atoms with Crippen LogP contribution in [0.4, 0.5) is 0 Å². The van der Waals surface area contributed by atoms with Crippen molar-refractivity contribution in [3.05, 3.63) is 41.7 Å². The van der Waals surface area contributed by atoms with Gasteiger partial charge in [0.1, 0.15) is 6.07 Å². The first-order valence-corrected chi connectivity index (χ1v) is 7.69. The molecule has 4 nitrogen and oxygen atoms in total. The largest absolute Gasteiger partial charge is 0.322 e. The molecule has 0 saturated carbocycles. The summed E-state index contributed by atoms with van der Waals surface area (Å²) in [7, 11) is 2.18. The van der Waals surface area contributed by atoms with E-state index in [-0.39, 0.29) is 0 Å². The Balaban J connectivity index is 1.82. The molecule has 110 valence electrons. The number of aromatic nitrogens is 1. The highest BCUT2D eigenvalue weighted by Gasteiger charge is 2.19. The van der Waals surface area contributed by atoms with Gasteiger partial charge in [-0.1, -0.05) is 6.07 Å². The maximum Gasteiger partial charge on any atom is 0.102 e. The van der Waals surface area contributed by atoms with Crippen molar-refractivity contribution >= 4 is 5.52 Å². The Labute approximate surface area is 126 Å². The van der Waals surface area contributed by atoms with E-state index in [1.165, 1.54) is 19.3 Å². The van der Waals surface area contributed by atoms with Gasteiger partial charge in [-0.15, -0.1) is 0 Å². The highest BCUT2D eigenvalue weighted by molar-refractivity contribution is 5.65. The Morgan fingerprint density at radius 3 is 3.14 bits per heavy atom. The predicted octanol–water partition coefficient (Wildman–Crippen LogP) is 2.38. The van der Waals surface area contributed by atoms with Crippen molar-refractivity contribution in [2.45, 2.75) is 31.8 Å². The molecule has 3 heterocycles. The first kappa shape index (κ1) is 14.1. The Morgan fingerprint density at radius 1 is 1.38 bits per heavy atom. The van der Waals surface area contributed by atoms with E-state index in [0.717, 1.165) is 36.3 Å². The van der Waals surface area contributed by atoms with Crippen LogP contribution in [-0.2, 0) is 6.54 Å². The molecule has 0 spiro atoms. The molecule has 0 bridgehead atoms. The topological polar surface area (TPSA) is 43.5 Å². The Kier molecular flexibility index (Phi) is 4.23. The van der Waals surface area contributed by atoms with Crippen molar-refractivity contribution in [2.75, 3.05) is 20.1 Å². The van der Waals surface area contributed by atoms with Gasteiger partial charge in [0.15, 0.2) is 0 Å². The van der Waals surface area contributed by atoms with Gasteiger partial charge in [0.2, 0.25) is 0 Å². The second kappa shape index (κ2) is 6.30. The summed E-state index contributed by atoms with van der Waals surface area (Å²) in [6, 6.07) is 8.98. The molecule has 21 heavy (non-hydrogen) atoms. The lowest BCUT2D eigenvalue weighted by Gasteiger charge is -2.26. The van der Waals surface area contributed by atoms with Gasteiger partial charge in [-0.3, -0.25) is 4.90 Å². The van der Waals surface area contributed by atoms with Crippen LogP contribution in [0.15, 0.2) is 30.6 Å². The van der Waals surface area contributed by atoms with Gasteiger partial charge in [-0.25, -0.2) is 0 Å². The molecular weight excluding hydrogens is 260 g/mol. The molecule has 0 radical (unpaired) electrons. The zero-order valence-electron chi connectivity index (χ0n) is 12.5. The molecule has 3 rings (SSSR count). The lowest BCUT2D eigenvalue weighted by molar-refractivity contribution is 0.216. The number of hydrogen-bond acceptors (Lipinski definition) is 3. The van der Waals surface area contributed by atoms with E-state index in [1.54, 1.807) is 0 Å². The van der Waals surface area contributed by atoms with Gasteiger partial charge in [0, 0.05) is 30.5 Å². The standard InChI is InChI=1S/C17H22N4/c1-20(15-5-4-8-19-9-7-15)12-14-13-21-10-3-2-6-17(21)16(14)11-18/h2-3,6,10,13,15,19H,4-5,7-9,12H2,1H3. The van der Waals surface area contributed by atoms with Gasteiger partial charge in [0.05, 0.1) is 11.1 Å². The molecule has 1 N–H and O–H groups in total. The number of nitriles is 1. The monoisotopic (exact) mass is 282 g/mol. The molecule has 1 fully saturated rings. The maximum atomic E-state index is 9.48. The molecule has 1 atom stereocenters. The van der Waals surface area contributed by atoms with Crippen LogP contribution in [-0.4, -0.2) is 35.5 Å². The Hall–Kier alpha value is -1.83. The van der Waals surface area contributed by atoms with Crippen molar-refractivity contribution in [2.24, 2.45) is 0 Å². The minimum atomic E-state index is 0.606. The highest BCUT2D eigenvalue weighted by atomic mass is 15.1. The average molecular weight is 282 g/mol. The van der Waals surface area contributed by atoms with Gasteiger partial charge in [-0.05, 0) is 51.5 Å².